The fourth-order valence-electron chi connectivity index (χ4n) is 2.76. The van der Waals surface area contributed by atoms with Crippen LogP contribution in [0, 0.1) is 0 Å². The van der Waals surface area contributed by atoms with Crippen LogP contribution < -0.4 is 11.1 Å². The van der Waals surface area contributed by atoms with E-state index in [0.29, 0.717) is 18.4 Å². The molecule has 22 heavy (non-hydrogen) atoms. The highest BCUT2D eigenvalue weighted by molar-refractivity contribution is 5.93. The molecule has 0 fully saturated rings. The van der Waals surface area contributed by atoms with Crippen LogP contribution in [0.4, 0.5) is 5.69 Å². The van der Waals surface area contributed by atoms with Crippen LogP contribution in [0.3, 0.4) is 0 Å². The first-order valence-electron chi connectivity index (χ1n) is 7.75. The average molecular weight is 302 g/mol. The lowest BCUT2D eigenvalue weighted by atomic mass is 9.87. The third-order valence-electron chi connectivity index (χ3n) is 4.75. The molecule has 4 heteroatoms. The Morgan fingerprint density at radius 2 is 2.09 bits per heavy atom. The second kappa shape index (κ2) is 6.13. The molecule has 1 heterocycles. The van der Waals surface area contributed by atoms with Gasteiger partial charge in [-0.15, -0.1) is 0 Å². The number of hydrogen-bond donors (Lipinski definition) is 3. The zero-order valence-electron chi connectivity index (χ0n) is 13.9. The van der Waals surface area contributed by atoms with Crippen LogP contribution in [0.2, 0.25) is 0 Å². The topological polar surface area (TPSA) is 75.3 Å². The van der Waals surface area contributed by atoms with Gasteiger partial charge >= 0.3 is 0 Å². The predicted octanol–water partition coefficient (Wildman–Crippen LogP) is 3.01. The number of nitrogens with one attached hydrogen (secondary N) is 1. The molecule has 1 aliphatic heterocycles. The van der Waals surface area contributed by atoms with E-state index in [1.165, 1.54) is 11.1 Å². The van der Waals surface area contributed by atoms with Crippen molar-refractivity contribution in [3.8, 4) is 0 Å². The summed E-state index contributed by atoms with van der Waals surface area (Å²) in [7, 11) is 0. The highest BCUT2D eigenvalue weighted by Crippen LogP contribution is 2.34. The Bertz CT molecular complexity index is 614. The third kappa shape index (κ3) is 3.50. The first-order chi connectivity index (χ1) is 10.2. The Hall–Kier alpha value is -1.81. The van der Waals surface area contributed by atoms with Gasteiger partial charge in [0, 0.05) is 11.3 Å². The summed E-state index contributed by atoms with van der Waals surface area (Å²) in [6.45, 7) is 8.18. The van der Waals surface area contributed by atoms with Crippen molar-refractivity contribution < 1.29 is 9.90 Å². The van der Waals surface area contributed by atoms with Crippen molar-refractivity contribution in [3.05, 3.63) is 40.5 Å². The number of rotatable bonds is 5. The summed E-state index contributed by atoms with van der Waals surface area (Å²) in [6, 6.07) is 5.36. The number of nitrogens with two attached hydrogens (primary N) is 1. The van der Waals surface area contributed by atoms with Crippen LogP contribution in [0.15, 0.2) is 29.3 Å². The highest BCUT2D eigenvalue weighted by Gasteiger charge is 2.36. The second-order valence-electron chi connectivity index (χ2n) is 6.77. The molecule has 1 aromatic carbocycles. The number of hydrogen-bond acceptors (Lipinski definition) is 3. The zero-order valence-corrected chi connectivity index (χ0v) is 13.9. The standard InChI is InChI=1S/C18H26N2O2/c1-11(2)12(3)7-8-18(4,22)16-10-14-9-13(17(19)21)5-6-15(14)20-16/h5-6,9,16,20,22H,7-8,10H2,1-4H3,(H2,19,21). The van der Waals surface area contributed by atoms with Crippen LogP contribution in [-0.4, -0.2) is 22.7 Å². The largest absolute Gasteiger partial charge is 0.388 e. The lowest BCUT2D eigenvalue weighted by Crippen LogP contribution is -2.43. The van der Waals surface area contributed by atoms with Gasteiger partial charge in [0.05, 0.1) is 11.6 Å². The maximum absolute atomic E-state index is 11.3. The molecule has 0 saturated carbocycles. The van der Waals surface area contributed by atoms with E-state index >= 15 is 0 Å². The molecule has 2 atom stereocenters. The number of primary amides is 1. The molecular formula is C18H26N2O2. The number of fused-ring (bicyclic) bond motifs is 1. The summed E-state index contributed by atoms with van der Waals surface area (Å²) in [5.74, 6) is -0.419. The van der Waals surface area contributed by atoms with Crippen LogP contribution in [-0.2, 0) is 6.42 Å². The van der Waals surface area contributed by atoms with Gasteiger partial charge in [0.25, 0.3) is 0 Å². The van der Waals surface area contributed by atoms with Gasteiger partial charge in [-0.3, -0.25) is 4.79 Å². The van der Waals surface area contributed by atoms with Gasteiger partial charge in [0.1, 0.15) is 0 Å². The van der Waals surface area contributed by atoms with E-state index in [2.05, 4.69) is 26.1 Å². The zero-order chi connectivity index (χ0) is 16.5. The maximum atomic E-state index is 11.3. The molecule has 1 aliphatic rings. The molecule has 0 spiro atoms. The van der Waals surface area contributed by atoms with Crippen molar-refractivity contribution in [1.82, 2.24) is 0 Å². The number of anilines is 1. The van der Waals surface area contributed by atoms with Crippen molar-refractivity contribution in [3.63, 3.8) is 0 Å². The summed E-state index contributed by atoms with van der Waals surface area (Å²) >= 11 is 0. The first kappa shape index (κ1) is 16.6. The average Bonchev–Trinajstić information content (AvgIpc) is 2.88. The van der Waals surface area contributed by atoms with E-state index in [0.717, 1.165) is 17.7 Å². The fraction of sp³-hybridized carbons (Fsp3) is 0.500. The summed E-state index contributed by atoms with van der Waals surface area (Å²) < 4.78 is 0. The molecule has 0 radical (unpaired) electrons. The van der Waals surface area contributed by atoms with E-state index in [1.807, 2.05) is 19.1 Å². The van der Waals surface area contributed by atoms with Gasteiger partial charge < -0.3 is 16.2 Å². The van der Waals surface area contributed by atoms with Gasteiger partial charge in [-0.25, -0.2) is 0 Å². The summed E-state index contributed by atoms with van der Waals surface area (Å²) in [5, 5.41) is 14.2. The van der Waals surface area contributed by atoms with Crippen LogP contribution in [0.5, 0.6) is 0 Å². The molecular weight excluding hydrogens is 276 g/mol. The quantitative estimate of drug-likeness (QED) is 0.732. The molecule has 0 aromatic heterocycles. The van der Waals surface area contributed by atoms with Crippen LogP contribution in [0.1, 0.15) is 56.5 Å². The Kier molecular flexibility index (Phi) is 4.61. The van der Waals surface area contributed by atoms with Crippen LogP contribution in [0.25, 0.3) is 0 Å². The Morgan fingerprint density at radius 1 is 1.41 bits per heavy atom. The minimum absolute atomic E-state index is 0.0458. The van der Waals surface area contributed by atoms with E-state index in [4.69, 9.17) is 5.73 Å². The van der Waals surface area contributed by atoms with E-state index in [1.54, 1.807) is 6.07 Å². The SMILES string of the molecule is CC(C)=C(C)CCC(C)(O)C1Cc2cc(C(N)=O)ccc2N1. The van der Waals surface area contributed by atoms with E-state index in [-0.39, 0.29) is 6.04 Å². The highest BCUT2D eigenvalue weighted by atomic mass is 16.3. The Balaban J connectivity index is 2.08. The van der Waals surface area contributed by atoms with Gasteiger partial charge in [-0.1, -0.05) is 11.1 Å². The molecule has 4 nitrogen and oxygen atoms in total. The number of amides is 1. The van der Waals surface area contributed by atoms with Crippen molar-refractivity contribution >= 4 is 11.6 Å². The first-order valence-corrected chi connectivity index (χ1v) is 7.75. The normalized spacial score (nSPS) is 19.0. The number of benzene rings is 1. The van der Waals surface area contributed by atoms with Gasteiger partial charge in [0.15, 0.2) is 0 Å². The van der Waals surface area contributed by atoms with E-state index in [9.17, 15) is 9.90 Å². The number of carbonyl (C=O) groups is 1. The second-order valence-corrected chi connectivity index (χ2v) is 6.77. The monoisotopic (exact) mass is 302 g/mol. The number of carbonyl (C=O) groups excluding carboxylic acids is 1. The number of allylic oxidation sites excluding steroid dienone is 2. The smallest absolute Gasteiger partial charge is 0.248 e. The van der Waals surface area contributed by atoms with Crippen molar-refractivity contribution in [1.29, 1.82) is 0 Å². The summed E-state index contributed by atoms with van der Waals surface area (Å²) in [6.07, 6.45) is 2.30. The summed E-state index contributed by atoms with van der Waals surface area (Å²) in [5.41, 5.74) is 9.69. The third-order valence-corrected chi connectivity index (χ3v) is 4.75. The van der Waals surface area contributed by atoms with Crippen LogP contribution >= 0.6 is 0 Å². The molecule has 4 N–H and O–H groups in total. The molecule has 120 valence electrons. The minimum atomic E-state index is -0.803. The van der Waals surface area contributed by atoms with Gasteiger partial charge in [0.2, 0.25) is 5.91 Å². The lowest BCUT2D eigenvalue weighted by Gasteiger charge is -2.31. The van der Waals surface area contributed by atoms with Crippen molar-refractivity contribution in [2.45, 2.75) is 58.6 Å². The molecule has 0 aliphatic carbocycles. The van der Waals surface area contributed by atoms with Gasteiger partial charge in [-0.2, -0.15) is 0 Å². The molecule has 0 saturated heterocycles. The maximum Gasteiger partial charge on any atom is 0.248 e. The van der Waals surface area contributed by atoms with Gasteiger partial charge in [-0.05, 0) is 70.7 Å². The lowest BCUT2D eigenvalue weighted by molar-refractivity contribution is 0.0332. The molecule has 2 rings (SSSR count). The summed E-state index contributed by atoms with van der Waals surface area (Å²) in [4.78, 5) is 11.3. The van der Waals surface area contributed by atoms with Crippen molar-refractivity contribution in [2.75, 3.05) is 5.32 Å². The van der Waals surface area contributed by atoms with E-state index < -0.39 is 11.5 Å². The molecule has 0 bridgehead atoms. The Morgan fingerprint density at radius 3 is 2.68 bits per heavy atom. The fourth-order valence-corrected chi connectivity index (χ4v) is 2.76. The predicted molar refractivity (Wildman–Crippen MR) is 90.0 cm³/mol. The minimum Gasteiger partial charge on any atom is -0.388 e. The molecule has 2 unspecified atom stereocenters. The molecule has 1 amide bonds. The van der Waals surface area contributed by atoms with Crippen molar-refractivity contribution in [2.24, 2.45) is 5.73 Å². The Labute approximate surface area is 132 Å². The number of aliphatic hydroxyl groups is 1. The molecule has 1 aromatic rings.